The zero-order valence-electron chi connectivity index (χ0n) is 16.5. The number of nitrogen functional groups attached to an aromatic ring is 1. The van der Waals surface area contributed by atoms with E-state index in [1.165, 1.54) is 19.2 Å². The number of amidine groups is 1. The smallest absolute Gasteiger partial charge is 0.425 e. The molecule has 168 valence electrons. The van der Waals surface area contributed by atoms with Gasteiger partial charge in [-0.2, -0.15) is 13.2 Å². The summed E-state index contributed by atoms with van der Waals surface area (Å²) in [5, 5.41) is 9.25. The zero-order valence-corrected chi connectivity index (χ0v) is 16.5. The highest BCUT2D eigenvalue weighted by Gasteiger charge is 2.43. The summed E-state index contributed by atoms with van der Waals surface area (Å²) in [6.07, 6.45) is -6.98. The molecule has 2 atom stereocenters. The van der Waals surface area contributed by atoms with Crippen molar-refractivity contribution in [2.45, 2.75) is 38.5 Å². The van der Waals surface area contributed by atoms with Crippen LogP contribution in [0.4, 0.5) is 33.3 Å². The van der Waals surface area contributed by atoms with Gasteiger partial charge in [-0.25, -0.2) is 13.8 Å². The molecule has 1 heterocycles. The predicted molar refractivity (Wildman–Crippen MR) is 104 cm³/mol. The minimum Gasteiger partial charge on any atom is -0.453 e. The number of carbonyl (C=O) groups is 1. The highest BCUT2D eigenvalue weighted by Crippen LogP contribution is 2.34. The topological polar surface area (TPSA) is 127 Å². The Balaban J connectivity index is 2.31. The molecule has 6 N–H and O–H groups in total. The van der Waals surface area contributed by atoms with E-state index in [0.717, 1.165) is 6.07 Å². The molecule has 7 nitrogen and oxygen atoms in total. The number of nitrogens with one attached hydrogen (secondary N) is 2. The summed E-state index contributed by atoms with van der Waals surface area (Å²) in [5.74, 6) is -4.67. The van der Waals surface area contributed by atoms with Crippen LogP contribution in [0.1, 0.15) is 40.9 Å². The van der Waals surface area contributed by atoms with Gasteiger partial charge >= 0.3 is 6.18 Å². The van der Waals surface area contributed by atoms with E-state index in [-0.39, 0.29) is 11.4 Å². The summed E-state index contributed by atoms with van der Waals surface area (Å²) in [6.45, 7) is 2.79. The highest BCUT2D eigenvalue weighted by molar-refractivity contribution is 6.04. The minimum absolute atomic E-state index is 0.0134. The molecule has 0 radical (unpaired) electrons. The first-order valence-corrected chi connectivity index (χ1v) is 8.89. The lowest BCUT2D eigenvalue weighted by atomic mass is 9.93. The normalized spacial score (nSPS) is 13.4. The first-order chi connectivity index (χ1) is 14.3. The van der Waals surface area contributed by atoms with Crippen LogP contribution in [0.15, 0.2) is 24.4 Å². The molecule has 0 aliphatic carbocycles. The van der Waals surface area contributed by atoms with E-state index in [0.29, 0.717) is 17.3 Å². The van der Waals surface area contributed by atoms with Crippen LogP contribution in [-0.4, -0.2) is 29.2 Å². The fourth-order valence-electron chi connectivity index (χ4n) is 2.92. The summed E-state index contributed by atoms with van der Waals surface area (Å²) in [4.78, 5) is 16.3. The van der Waals surface area contributed by atoms with Gasteiger partial charge < -0.3 is 21.5 Å². The Morgan fingerprint density at radius 1 is 1.29 bits per heavy atom. The van der Waals surface area contributed by atoms with Gasteiger partial charge in [0.15, 0.2) is 17.7 Å². The third kappa shape index (κ3) is 6.03. The van der Waals surface area contributed by atoms with Crippen molar-refractivity contribution < 1.29 is 31.5 Å². The Kier molecular flexibility index (Phi) is 7.03. The average Bonchev–Trinajstić information content (AvgIpc) is 2.62. The molecule has 12 heteroatoms. The standard InChI is InChI=1S/C19H20F5N5O2/c1-8(4-14(19(22,23)24)31-18(26)27)12-5-11(6-13(20)15(12)21)29-17(30)16-9(2)3-10(25)7-28-16/h3,5-8,14H,4,25H2,1-2H3,(H3,26,27)(H,29,30)/t8?,14-/m0/s1. The number of nitrogens with two attached hydrogens (primary N) is 2. The number of amides is 1. The highest BCUT2D eigenvalue weighted by atomic mass is 19.4. The van der Waals surface area contributed by atoms with Crippen LogP contribution >= 0.6 is 0 Å². The molecule has 0 aliphatic rings. The number of aromatic nitrogens is 1. The molecule has 2 rings (SSSR count). The van der Waals surface area contributed by atoms with Crippen molar-refractivity contribution in [2.75, 3.05) is 11.1 Å². The largest absolute Gasteiger partial charge is 0.453 e. The van der Waals surface area contributed by atoms with Gasteiger partial charge in [-0.1, -0.05) is 6.92 Å². The number of hydrogen-bond acceptors (Lipinski definition) is 5. The zero-order chi connectivity index (χ0) is 23.5. The van der Waals surface area contributed by atoms with E-state index < -0.39 is 53.7 Å². The predicted octanol–water partition coefficient (Wildman–Crippen LogP) is 3.84. The lowest BCUT2D eigenvalue weighted by Crippen LogP contribution is -2.37. The van der Waals surface area contributed by atoms with Crippen molar-refractivity contribution >= 4 is 23.3 Å². The van der Waals surface area contributed by atoms with Crippen molar-refractivity contribution in [3.05, 3.63) is 52.9 Å². The molecule has 1 amide bonds. The van der Waals surface area contributed by atoms with Crippen molar-refractivity contribution in [3.63, 3.8) is 0 Å². The van der Waals surface area contributed by atoms with Crippen LogP contribution in [-0.2, 0) is 4.74 Å². The number of hydrogen-bond donors (Lipinski definition) is 4. The number of nitrogens with zero attached hydrogens (tertiary/aromatic N) is 1. The number of carbonyl (C=O) groups excluding carboxylic acids is 1. The van der Waals surface area contributed by atoms with E-state index in [2.05, 4.69) is 15.0 Å². The molecular formula is C19H20F5N5O2. The molecule has 2 aromatic rings. The van der Waals surface area contributed by atoms with Gasteiger partial charge in [0, 0.05) is 18.2 Å². The number of ether oxygens (including phenoxy) is 1. The van der Waals surface area contributed by atoms with E-state index in [4.69, 9.17) is 16.9 Å². The third-order valence-corrected chi connectivity index (χ3v) is 4.36. The van der Waals surface area contributed by atoms with Gasteiger partial charge in [-0.05, 0) is 36.1 Å². The number of alkyl halides is 3. The lowest BCUT2D eigenvalue weighted by Gasteiger charge is -2.24. The summed E-state index contributed by atoms with van der Waals surface area (Å²) in [6, 6.07) is 2.05. The van der Waals surface area contributed by atoms with E-state index >= 15 is 0 Å². The number of halogens is 5. The molecule has 0 saturated carbocycles. The monoisotopic (exact) mass is 445 g/mol. The molecule has 0 bridgehead atoms. The molecule has 0 aliphatic heterocycles. The van der Waals surface area contributed by atoms with Crippen LogP contribution in [0.3, 0.4) is 0 Å². The molecule has 1 aromatic carbocycles. The van der Waals surface area contributed by atoms with E-state index in [1.54, 1.807) is 6.92 Å². The Hall–Kier alpha value is -3.44. The van der Waals surface area contributed by atoms with Gasteiger partial charge in [0.2, 0.25) is 0 Å². The molecule has 1 unspecified atom stereocenters. The van der Waals surface area contributed by atoms with Crippen molar-refractivity contribution in [1.29, 1.82) is 5.41 Å². The Bertz CT molecular complexity index is 996. The molecule has 0 fully saturated rings. The SMILES string of the molecule is Cc1cc(N)cnc1C(=O)Nc1cc(F)c(F)c(C(C)C[C@H](OC(=N)N)C(F)(F)F)c1. The van der Waals surface area contributed by atoms with E-state index in [9.17, 15) is 26.7 Å². The second-order valence-electron chi connectivity index (χ2n) is 6.90. The summed E-state index contributed by atoms with van der Waals surface area (Å²) >= 11 is 0. The fourth-order valence-corrected chi connectivity index (χ4v) is 2.92. The van der Waals surface area contributed by atoms with Gasteiger partial charge in [-0.3, -0.25) is 10.2 Å². The number of anilines is 2. The van der Waals surface area contributed by atoms with Crippen LogP contribution in [0.25, 0.3) is 0 Å². The third-order valence-electron chi connectivity index (χ3n) is 4.36. The van der Waals surface area contributed by atoms with Gasteiger partial charge in [-0.15, -0.1) is 0 Å². The number of benzene rings is 1. The van der Waals surface area contributed by atoms with Crippen LogP contribution in [0.5, 0.6) is 0 Å². The molecule has 31 heavy (non-hydrogen) atoms. The Morgan fingerprint density at radius 2 is 1.94 bits per heavy atom. The Morgan fingerprint density at radius 3 is 2.48 bits per heavy atom. The second-order valence-corrected chi connectivity index (χ2v) is 6.90. The first-order valence-electron chi connectivity index (χ1n) is 8.89. The van der Waals surface area contributed by atoms with E-state index in [1.807, 2.05) is 0 Å². The summed E-state index contributed by atoms with van der Waals surface area (Å²) in [7, 11) is 0. The first kappa shape index (κ1) is 23.8. The van der Waals surface area contributed by atoms with Crippen LogP contribution in [0, 0.1) is 24.0 Å². The Labute approximate surface area is 174 Å². The minimum atomic E-state index is -4.89. The van der Waals surface area contributed by atoms with Gasteiger partial charge in [0.1, 0.15) is 5.69 Å². The van der Waals surface area contributed by atoms with Crippen LogP contribution < -0.4 is 16.8 Å². The maximum atomic E-state index is 14.3. The average molecular weight is 445 g/mol. The van der Waals surface area contributed by atoms with Gasteiger partial charge in [0.25, 0.3) is 11.9 Å². The maximum absolute atomic E-state index is 14.3. The number of pyridine rings is 1. The number of rotatable bonds is 6. The molecule has 1 aromatic heterocycles. The van der Waals surface area contributed by atoms with Crippen molar-refractivity contribution in [3.8, 4) is 0 Å². The summed E-state index contributed by atoms with van der Waals surface area (Å²) in [5.41, 5.74) is 10.6. The fraction of sp³-hybridized carbons (Fsp3) is 0.316. The van der Waals surface area contributed by atoms with Crippen molar-refractivity contribution in [2.24, 2.45) is 5.73 Å². The summed E-state index contributed by atoms with van der Waals surface area (Å²) < 4.78 is 72.1. The molecule has 0 saturated heterocycles. The van der Waals surface area contributed by atoms with Gasteiger partial charge in [0.05, 0.1) is 11.9 Å². The van der Waals surface area contributed by atoms with Crippen LogP contribution in [0.2, 0.25) is 0 Å². The number of aryl methyl sites for hydroxylation is 1. The second kappa shape index (κ2) is 9.14. The van der Waals surface area contributed by atoms with Crippen molar-refractivity contribution in [1.82, 2.24) is 4.98 Å². The lowest BCUT2D eigenvalue weighted by molar-refractivity contribution is -0.202. The maximum Gasteiger partial charge on any atom is 0.425 e. The molecular weight excluding hydrogens is 425 g/mol. The molecule has 0 spiro atoms. The quantitative estimate of drug-likeness (QED) is 0.305.